The van der Waals surface area contributed by atoms with Crippen molar-refractivity contribution in [1.82, 2.24) is 0 Å². The van der Waals surface area contributed by atoms with E-state index in [2.05, 4.69) is 36.3 Å². The van der Waals surface area contributed by atoms with Gasteiger partial charge < -0.3 is 10.4 Å². The van der Waals surface area contributed by atoms with E-state index in [4.69, 9.17) is 0 Å². The third kappa shape index (κ3) is 4.90. The van der Waals surface area contributed by atoms with Gasteiger partial charge in [0.2, 0.25) is 0 Å². The number of carbonyl (C=O) groups excluding carboxylic acids is 1. The summed E-state index contributed by atoms with van der Waals surface area (Å²) in [7, 11) is 0. The van der Waals surface area contributed by atoms with Crippen molar-refractivity contribution in [1.29, 1.82) is 0 Å². The number of carboxylic acids is 1. The molecule has 6 heteroatoms. The van der Waals surface area contributed by atoms with Crippen molar-refractivity contribution in [2.45, 2.75) is 52.9 Å². The number of rotatable bonds is 6. The minimum atomic E-state index is -0.882. The number of carbonyl (C=O) groups is 2. The monoisotopic (exact) mass is 419 g/mol. The number of nitrogens with zero attached hydrogens (tertiary/aromatic N) is 2. The number of nitrogens with one attached hydrogen (secondary N) is 1. The molecule has 1 aliphatic heterocycles. The molecule has 0 unspecified atom stereocenters. The summed E-state index contributed by atoms with van der Waals surface area (Å²) in [5.74, 6) is -1.05. The summed E-state index contributed by atoms with van der Waals surface area (Å²) >= 11 is 0. The van der Waals surface area contributed by atoms with Crippen molar-refractivity contribution < 1.29 is 14.7 Å². The summed E-state index contributed by atoms with van der Waals surface area (Å²) in [6.45, 7) is 10.1. The highest BCUT2D eigenvalue weighted by Crippen LogP contribution is 2.35. The summed E-state index contributed by atoms with van der Waals surface area (Å²) < 4.78 is 0. The standard InChI is InChI=1S/C25H29N3O3/c1-16-25(15-22(29)30,17(2)28-27-16)14-18-6-12-21(13-7-18)26-23(31)19-8-10-20(11-9-19)24(3,4)5/h6-13H,14-15H2,1-5H3,(H,26,31)(H,29,30). The van der Waals surface area contributed by atoms with Crippen molar-refractivity contribution in [3.05, 3.63) is 65.2 Å². The van der Waals surface area contributed by atoms with E-state index in [0.717, 1.165) is 5.56 Å². The van der Waals surface area contributed by atoms with Crippen molar-refractivity contribution >= 4 is 29.0 Å². The molecule has 0 fully saturated rings. The van der Waals surface area contributed by atoms with Crippen LogP contribution in [-0.4, -0.2) is 28.4 Å². The van der Waals surface area contributed by atoms with Crippen molar-refractivity contribution in [2.24, 2.45) is 15.6 Å². The molecule has 1 heterocycles. The summed E-state index contributed by atoms with van der Waals surface area (Å²) in [6.07, 6.45) is 0.438. The Morgan fingerprint density at radius 3 is 1.97 bits per heavy atom. The second kappa shape index (κ2) is 8.46. The Hall–Kier alpha value is -3.28. The molecule has 0 aromatic heterocycles. The third-order valence-corrected chi connectivity index (χ3v) is 5.92. The molecular weight excluding hydrogens is 390 g/mol. The quantitative estimate of drug-likeness (QED) is 0.683. The lowest BCUT2D eigenvalue weighted by atomic mass is 9.72. The zero-order valence-electron chi connectivity index (χ0n) is 18.7. The van der Waals surface area contributed by atoms with Crippen LogP contribution < -0.4 is 5.32 Å². The highest BCUT2D eigenvalue weighted by atomic mass is 16.4. The zero-order valence-corrected chi connectivity index (χ0v) is 18.7. The Morgan fingerprint density at radius 1 is 0.935 bits per heavy atom. The molecule has 0 atom stereocenters. The van der Waals surface area contributed by atoms with E-state index in [1.807, 2.05) is 62.4 Å². The molecule has 0 spiro atoms. The predicted molar refractivity (Wildman–Crippen MR) is 124 cm³/mol. The van der Waals surface area contributed by atoms with Crippen molar-refractivity contribution in [3.63, 3.8) is 0 Å². The number of amides is 1. The number of benzene rings is 2. The van der Waals surface area contributed by atoms with Gasteiger partial charge in [0.15, 0.2) is 0 Å². The average Bonchev–Trinajstić information content (AvgIpc) is 2.96. The molecule has 2 N–H and O–H groups in total. The summed E-state index contributed by atoms with van der Waals surface area (Å²) in [5.41, 5.74) is 4.17. The van der Waals surface area contributed by atoms with Crippen LogP contribution in [0.5, 0.6) is 0 Å². The second-order valence-electron chi connectivity index (χ2n) is 9.18. The third-order valence-electron chi connectivity index (χ3n) is 5.92. The lowest BCUT2D eigenvalue weighted by Gasteiger charge is -2.28. The van der Waals surface area contributed by atoms with Crippen LogP contribution in [0.4, 0.5) is 5.69 Å². The van der Waals surface area contributed by atoms with Gasteiger partial charge in [0, 0.05) is 11.3 Å². The van der Waals surface area contributed by atoms with Gasteiger partial charge in [-0.3, -0.25) is 9.59 Å². The lowest BCUT2D eigenvalue weighted by molar-refractivity contribution is -0.138. The molecule has 0 aliphatic carbocycles. The van der Waals surface area contributed by atoms with Crippen LogP contribution in [0.3, 0.4) is 0 Å². The van der Waals surface area contributed by atoms with E-state index in [9.17, 15) is 14.7 Å². The molecule has 0 bridgehead atoms. The highest BCUT2D eigenvalue weighted by Gasteiger charge is 2.42. The molecule has 31 heavy (non-hydrogen) atoms. The summed E-state index contributed by atoms with van der Waals surface area (Å²) in [6, 6.07) is 15.1. The van der Waals surface area contributed by atoms with Crippen LogP contribution in [0.15, 0.2) is 58.7 Å². The molecule has 0 saturated heterocycles. The van der Waals surface area contributed by atoms with Gasteiger partial charge in [-0.05, 0) is 61.1 Å². The molecule has 2 aromatic carbocycles. The van der Waals surface area contributed by atoms with Gasteiger partial charge in [0.1, 0.15) is 0 Å². The molecule has 1 aliphatic rings. The largest absolute Gasteiger partial charge is 0.481 e. The topological polar surface area (TPSA) is 91.1 Å². The molecule has 162 valence electrons. The first-order chi connectivity index (χ1) is 14.5. The van der Waals surface area contributed by atoms with Gasteiger partial charge in [-0.15, -0.1) is 0 Å². The normalized spacial score (nSPS) is 15.3. The average molecular weight is 420 g/mol. The molecule has 3 rings (SSSR count). The van der Waals surface area contributed by atoms with Gasteiger partial charge >= 0.3 is 5.97 Å². The van der Waals surface area contributed by atoms with Crippen LogP contribution in [0.1, 0.15) is 62.5 Å². The van der Waals surface area contributed by atoms with Crippen molar-refractivity contribution in [3.8, 4) is 0 Å². The number of hydrogen-bond donors (Lipinski definition) is 2. The highest BCUT2D eigenvalue weighted by molar-refractivity contribution is 6.14. The Balaban J connectivity index is 1.71. The smallest absolute Gasteiger partial charge is 0.304 e. The first kappa shape index (κ1) is 22.4. The van der Waals surface area contributed by atoms with Crippen LogP contribution in [0.2, 0.25) is 0 Å². The van der Waals surface area contributed by atoms with E-state index in [1.54, 1.807) is 0 Å². The second-order valence-corrected chi connectivity index (χ2v) is 9.18. The van der Waals surface area contributed by atoms with Crippen LogP contribution >= 0.6 is 0 Å². The van der Waals surface area contributed by atoms with Gasteiger partial charge in [0.05, 0.1) is 23.3 Å². The maximum Gasteiger partial charge on any atom is 0.304 e. The van der Waals surface area contributed by atoms with E-state index >= 15 is 0 Å². The Bertz CT molecular complexity index is 1020. The van der Waals surface area contributed by atoms with E-state index in [1.165, 1.54) is 5.56 Å². The van der Waals surface area contributed by atoms with Gasteiger partial charge in [-0.2, -0.15) is 10.2 Å². The molecule has 0 radical (unpaired) electrons. The first-order valence-electron chi connectivity index (χ1n) is 10.3. The maximum absolute atomic E-state index is 12.6. The van der Waals surface area contributed by atoms with E-state index < -0.39 is 11.4 Å². The number of carboxylic acid groups (broad SMARTS) is 1. The fourth-order valence-corrected chi connectivity index (χ4v) is 3.81. The minimum absolute atomic E-state index is 0.0360. The Kier molecular flexibility index (Phi) is 6.11. The zero-order chi connectivity index (χ0) is 22.8. The Labute approximate surface area is 183 Å². The maximum atomic E-state index is 12.6. The molecule has 0 saturated carbocycles. The molecule has 6 nitrogen and oxygen atoms in total. The van der Waals surface area contributed by atoms with Crippen LogP contribution in [0.25, 0.3) is 0 Å². The van der Waals surface area contributed by atoms with Gasteiger partial charge in [-0.25, -0.2) is 0 Å². The van der Waals surface area contributed by atoms with E-state index in [-0.39, 0.29) is 17.7 Å². The van der Waals surface area contributed by atoms with Gasteiger partial charge in [0.25, 0.3) is 5.91 Å². The van der Waals surface area contributed by atoms with Crippen molar-refractivity contribution in [2.75, 3.05) is 5.32 Å². The summed E-state index contributed by atoms with van der Waals surface area (Å²) in [4.78, 5) is 24.1. The summed E-state index contributed by atoms with van der Waals surface area (Å²) in [5, 5.41) is 20.6. The van der Waals surface area contributed by atoms with Crippen LogP contribution in [0, 0.1) is 5.41 Å². The number of aliphatic carboxylic acids is 1. The first-order valence-corrected chi connectivity index (χ1v) is 10.3. The number of hydrogen-bond acceptors (Lipinski definition) is 4. The van der Waals surface area contributed by atoms with Crippen LogP contribution in [-0.2, 0) is 16.6 Å². The molecular formula is C25H29N3O3. The number of anilines is 1. The molecule has 1 amide bonds. The lowest BCUT2D eigenvalue weighted by Crippen LogP contribution is -2.38. The molecule has 2 aromatic rings. The Morgan fingerprint density at radius 2 is 1.48 bits per heavy atom. The van der Waals surface area contributed by atoms with E-state index in [0.29, 0.717) is 29.1 Å². The predicted octanol–water partition coefficient (Wildman–Crippen LogP) is 5.09. The SMILES string of the molecule is CC1=NN=C(C)C1(CC(=O)O)Cc1ccc(NC(=O)c2ccc(C(C)(C)C)cc2)cc1. The fraction of sp³-hybridized carbons (Fsp3) is 0.360. The fourth-order valence-electron chi connectivity index (χ4n) is 3.81. The van der Waals surface area contributed by atoms with Gasteiger partial charge in [-0.1, -0.05) is 45.0 Å². The minimum Gasteiger partial charge on any atom is -0.481 e.